The fourth-order valence-corrected chi connectivity index (χ4v) is 2.69. The quantitative estimate of drug-likeness (QED) is 0.842. The van der Waals surface area contributed by atoms with Crippen molar-refractivity contribution in [2.45, 2.75) is 32.8 Å². The van der Waals surface area contributed by atoms with Gasteiger partial charge >= 0.3 is 0 Å². The first-order valence-corrected chi connectivity index (χ1v) is 7.60. The SMILES string of the molecule is Cc1ccc(C)c(Cc2ccc(O[C@@H]3CCOC3)cc2)c1. The molecule has 0 spiro atoms. The lowest BCUT2D eigenvalue weighted by Crippen LogP contribution is -2.15. The van der Waals surface area contributed by atoms with Crippen LogP contribution in [0.25, 0.3) is 0 Å². The molecule has 2 aromatic rings. The average Bonchev–Trinajstić information content (AvgIpc) is 2.98. The molecule has 3 rings (SSSR count). The zero-order valence-corrected chi connectivity index (χ0v) is 12.8. The van der Waals surface area contributed by atoms with E-state index < -0.39 is 0 Å². The Morgan fingerprint density at radius 2 is 1.90 bits per heavy atom. The summed E-state index contributed by atoms with van der Waals surface area (Å²) in [5.41, 5.74) is 5.38. The van der Waals surface area contributed by atoms with Crippen LogP contribution in [-0.2, 0) is 11.2 Å². The maximum atomic E-state index is 5.90. The summed E-state index contributed by atoms with van der Waals surface area (Å²) in [7, 11) is 0. The molecule has 0 bridgehead atoms. The average molecular weight is 282 g/mol. The zero-order chi connectivity index (χ0) is 14.7. The van der Waals surface area contributed by atoms with Crippen LogP contribution in [0, 0.1) is 13.8 Å². The van der Waals surface area contributed by atoms with Crippen LogP contribution in [0.1, 0.15) is 28.7 Å². The van der Waals surface area contributed by atoms with Gasteiger partial charge < -0.3 is 9.47 Å². The number of rotatable bonds is 4. The molecule has 1 atom stereocenters. The molecule has 1 saturated heterocycles. The van der Waals surface area contributed by atoms with E-state index in [-0.39, 0.29) is 6.10 Å². The highest BCUT2D eigenvalue weighted by Gasteiger charge is 2.16. The first-order valence-electron chi connectivity index (χ1n) is 7.60. The fourth-order valence-electron chi connectivity index (χ4n) is 2.69. The van der Waals surface area contributed by atoms with E-state index in [4.69, 9.17) is 9.47 Å². The molecule has 2 nitrogen and oxygen atoms in total. The highest BCUT2D eigenvalue weighted by Crippen LogP contribution is 2.20. The zero-order valence-electron chi connectivity index (χ0n) is 12.8. The lowest BCUT2D eigenvalue weighted by Gasteiger charge is -2.12. The van der Waals surface area contributed by atoms with E-state index in [1.807, 2.05) is 0 Å². The lowest BCUT2D eigenvalue weighted by molar-refractivity contribution is 0.141. The second-order valence-corrected chi connectivity index (χ2v) is 5.85. The Bertz CT molecular complexity index is 595. The Morgan fingerprint density at radius 3 is 2.62 bits per heavy atom. The lowest BCUT2D eigenvalue weighted by atomic mass is 9.99. The second-order valence-electron chi connectivity index (χ2n) is 5.85. The predicted molar refractivity (Wildman–Crippen MR) is 85.0 cm³/mol. The molecule has 0 N–H and O–H groups in total. The number of hydrogen-bond donors (Lipinski definition) is 0. The summed E-state index contributed by atoms with van der Waals surface area (Å²) in [6, 6.07) is 15.1. The number of ether oxygens (including phenoxy) is 2. The second kappa shape index (κ2) is 6.31. The molecule has 1 aliphatic heterocycles. The minimum atomic E-state index is 0.217. The van der Waals surface area contributed by atoms with E-state index in [2.05, 4.69) is 56.3 Å². The first-order chi connectivity index (χ1) is 10.2. The summed E-state index contributed by atoms with van der Waals surface area (Å²) < 4.78 is 11.2. The van der Waals surface area contributed by atoms with Crippen LogP contribution < -0.4 is 4.74 Å². The Labute approximate surface area is 126 Å². The van der Waals surface area contributed by atoms with Crippen molar-refractivity contribution in [2.24, 2.45) is 0 Å². The van der Waals surface area contributed by atoms with Crippen molar-refractivity contribution >= 4 is 0 Å². The summed E-state index contributed by atoms with van der Waals surface area (Å²) in [5, 5.41) is 0. The van der Waals surface area contributed by atoms with Crippen molar-refractivity contribution in [2.75, 3.05) is 13.2 Å². The van der Waals surface area contributed by atoms with Gasteiger partial charge in [-0.2, -0.15) is 0 Å². The minimum absolute atomic E-state index is 0.217. The molecule has 1 aliphatic rings. The molecule has 2 heteroatoms. The van der Waals surface area contributed by atoms with E-state index in [0.29, 0.717) is 6.61 Å². The van der Waals surface area contributed by atoms with Gasteiger partial charge in [-0.15, -0.1) is 0 Å². The molecule has 21 heavy (non-hydrogen) atoms. The van der Waals surface area contributed by atoms with Crippen molar-refractivity contribution in [3.63, 3.8) is 0 Å². The van der Waals surface area contributed by atoms with E-state index in [1.54, 1.807) is 0 Å². The molecule has 0 radical (unpaired) electrons. The summed E-state index contributed by atoms with van der Waals surface area (Å²) in [5.74, 6) is 0.940. The van der Waals surface area contributed by atoms with Crippen molar-refractivity contribution < 1.29 is 9.47 Å². The van der Waals surface area contributed by atoms with Gasteiger partial charge in [0.1, 0.15) is 11.9 Å². The van der Waals surface area contributed by atoms with E-state index in [0.717, 1.165) is 25.2 Å². The highest BCUT2D eigenvalue weighted by atomic mass is 16.5. The third-order valence-electron chi connectivity index (χ3n) is 4.01. The van der Waals surface area contributed by atoms with Crippen LogP contribution in [0.3, 0.4) is 0 Å². The number of hydrogen-bond acceptors (Lipinski definition) is 2. The molecule has 0 amide bonds. The van der Waals surface area contributed by atoms with Crippen LogP contribution in [0.4, 0.5) is 0 Å². The number of benzene rings is 2. The summed E-state index contributed by atoms with van der Waals surface area (Å²) in [6.07, 6.45) is 2.18. The molecule has 1 heterocycles. The van der Waals surface area contributed by atoms with Crippen molar-refractivity contribution in [1.82, 2.24) is 0 Å². The van der Waals surface area contributed by atoms with Gasteiger partial charge in [-0.1, -0.05) is 35.9 Å². The molecule has 0 aromatic heterocycles. The third kappa shape index (κ3) is 3.64. The Balaban J connectivity index is 1.67. The normalized spacial score (nSPS) is 17.9. The van der Waals surface area contributed by atoms with Crippen LogP contribution in [0.15, 0.2) is 42.5 Å². The molecule has 110 valence electrons. The molecule has 0 unspecified atom stereocenters. The Hall–Kier alpha value is -1.80. The minimum Gasteiger partial charge on any atom is -0.488 e. The molecule has 1 fully saturated rings. The van der Waals surface area contributed by atoms with Crippen molar-refractivity contribution in [3.05, 3.63) is 64.7 Å². The fraction of sp³-hybridized carbons (Fsp3) is 0.368. The van der Waals surface area contributed by atoms with Crippen LogP contribution >= 0.6 is 0 Å². The topological polar surface area (TPSA) is 18.5 Å². The monoisotopic (exact) mass is 282 g/mol. The van der Waals surface area contributed by atoms with Gasteiger partial charge in [0, 0.05) is 6.42 Å². The van der Waals surface area contributed by atoms with Gasteiger partial charge in [-0.3, -0.25) is 0 Å². The molecule has 0 saturated carbocycles. The first kappa shape index (κ1) is 14.2. The van der Waals surface area contributed by atoms with Gasteiger partial charge in [-0.05, 0) is 49.1 Å². The van der Waals surface area contributed by atoms with Gasteiger partial charge in [0.15, 0.2) is 0 Å². The third-order valence-corrected chi connectivity index (χ3v) is 4.01. The standard InChI is InChI=1S/C19H22O2/c1-14-3-4-15(2)17(11-14)12-16-5-7-18(8-6-16)21-19-9-10-20-13-19/h3-8,11,19H,9-10,12-13H2,1-2H3/t19-/m1/s1. The maximum absolute atomic E-state index is 5.90. The van der Waals surface area contributed by atoms with Crippen LogP contribution in [0.5, 0.6) is 5.75 Å². The number of aryl methyl sites for hydroxylation is 2. The van der Waals surface area contributed by atoms with E-state index >= 15 is 0 Å². The van der Waals surface area contributed by atoms with Gasteiger partial charge in [0.05, 0.1) is 13.2 Å². The molecule has 0 aliphatic carbocycles. The summed E-state index contributed by atoms with van der Waals surface area (Å²) in [4.78, 5) is 0. The maximum Gasteiger partial charge on any atom is 0.124 e. The van der Waals surface area contributed by atoms with Crippen LogP contribution in [-0.4, -0.2) is 19.3 Å². The van der Waals surface area contributed by atoms with Gasteiger partial charge in [0.2, 0.25) is 0 Å². The van der Waals surface area contributed by atoms with E-state index in [1.165, 1.54) is 22.3 Å². The van der Waals surface area contributed by atoms with Crippen molar-refractivity contribution in [3.8, 4) is 5.75 Å². The highest BCUT2D eigenvalue weighted by molar-refractivity contribution is 5.36. The smallest absolute Gasteiger partial charge is 0.124 e. The molecule has 2 aromatic carbocycles. The predicted octanol–water partition coefficient (Wildman–Crippen LogP) is 4.06. The molecular weight excluding hydrogens is 260 g/mol. The van der Waals surface area contributed by atoms with E-state index in [9.17, 15) is 0 Å². The van der Waals surface area contributed by atoms with Gasteiger partial charge in [0.25, 0.3) is 0 Å². The van der Waals surface area contributed by atoms with Crippen molar-refractivity contribution in [1.29, 1.82) is 0 Å². The summed E-state index contributed by atoms with van der Waals surface area (Å²) in [6.45, 7) is 5.84. The Kier molecular flexibility index (Phi) is 4.26. The van der Waals surface area contributed by atoms with Crippen LogP contribution in [0.2, 0.25) is 0 Å². The Morgan fingerprint density at radius 1 is 1.10 bits per heavy atom. The molecular formula is C19H22O2. The summed E-state index contributed by atoms with van der Waals surface area (Å²) >= 11 is 0. The largest absolute Gasteiger partial charge is 0.488 e. The van der Waals surface area contributed by atoms with Gasteiger partial charge in [-0.25, -0.2) is 0 Å².